The van der Waals surface area contributed by atoms with Crippen LogP contribution in [0.5, 0.6) is 0 Å². The molecule has 1 atom stereocenters. The first-order valence-electron chi connectivity index (χ1n) is 8.77. The standard InChI is InChI=1S/C19H17F6NO2S/c20-18(21,22)15-5-3-4-14(12-15)13-7-9-16(10-8-13)29(27,28)26-11-2-1-6-17(26)19(23,24)25/h3-5,7-10,12,17H,1-2,6,11H2. The Morgan fingerprint density at radius 1 is 0.862 bits per heavy atom. The van der Waals surface area contributed by atoms with Crippen LogP contribution in [0.3, 0.4) is 0 Å². The van der Waals surface area contributed by atoms with Crippen LogP contribution < -0.4 is 0 Å². The molecule has 0 amide bonds. The Hall–Kier alpha value is -2.07. The van der Waals surface area contributed by atoms with Crippen LogP contribution >= 0.6 is 0 Å². The van der Waals surface area contributed by atoms with Crippen LogP contribution in [0, 0.1) is 0 Å². The summed E-state index contributed by atoms with van der Waals surface area (Å²) in [6.45, 7) is -0.234. The highest BCUT2D eigenvalue weighted by atomic mass is 32.2. The fraction of sp³-hybridized carbons (Fsp3) is 0.368. The molecule has 0 N–H and O–H groups in total. The average Bonchev–Trinajstić information content (AvgIpc) is 2.67. The third-order valence-corrected chi connectivity index (χ3v) is 6.74. The summed E-state index contributed by atoms with van der Waals surface area (Å²) >= 11 is 0. The van der Waals surface area contributed by atoms with Gasteiger partial charge in [0.1, 0.15) is 6.04 Å². The summed E-state index contributed by atoms with van der Waals surface area (Å²) in [6.07, 6.45) is -8.89. The van der Waals surface area contributed by atoms with Crippen LogP contribution in [-0.2, 0) is 16.2 Å². The summed E-state index contributed by atoms with van der Waals surface area (Å²) in [5.41, 5.74) is -0.316. The molecule has 0 saturated carbocycles. The quantitative estimate of drug-likeness (QED) is 0.597. The number of benzene rings is 2. The lowest BCUT2D eigenvalue weighted by Gasteiger charge is -2.35. The highest BCUT2D eigenvalue weighted by Gasteiger charge is 2.49. The first-order chi connectivity index (χ1) is 13.4. The van der Waals surface area contributed by atoms with Gasteiger partial charge in [-0.15, -0.1) is 0 Å². The van der Waals surface area contributed by atoms with Gasteiger partial charge in [-0.1, -0.05) is 30.7 Å². The zero-order valence-electron chi connectivity index (χ0n) is 15.0. The second-order valence-electron chi connectivity index (χ2n) is 6.77. The van der Waals surface area contributed by atoms with E-state index in [2.05, 4.69) is 0 Å². The molecule has 1 heterocycles. The van der Waals surface area contributed by atoms with Gasteiger partial charge in [-0.25, -0.2) is 8.42 Å². The van der Waals surface area contributed by atoms with E-state index in [-0.39, 0.29) is 29.8 Å². The van der Waals surface area contributed by atoms with Gasteiger partial charge in [-0.2, -0.15) is 30.6 Å². The van der Waals surface area contributed by atoms with E-state index in [0.29, 0.717) is 16.3 Å². The molecular weight excluding hydrogens is 420 g/mol. The van der Waals surface area contributed by atoms with Crippen molar-refractivity contribution in [3.05, 3.63) is 54.1 Å². The number of piperidine rings is 1. The second-order valence-corrected chi connectivity index (χ2v) is 8.66. The highest BCUT2D eigenvalue weighted by molar-refractivity contribution is 7.89. The number of hydrogen-bond acceptors (Lipinski definition) is 2. The molecule has 1 saturated heterocycles. The molecule has 3 nitrogen and oxygen atoms in total. The molecule has 0 bridgehead atoms. The zero-order valence-corrected chi connectivity index (χ0v) is 15.8. The predicted molar refractivity (Wildman–Crippen MR) is 94.5 cm³/mol. The van der Waals surface area contributed by atoms with Crippen LogP contribution in [-0.4, -0.2) is 31.5 Å². The Bertz CT molecular complexity index is 967. The third-order valence-electron chi connectivity index (χ3n) is 4.82. The molecule has 3 rings (SSSR count). The number of rotatable bonds is 3. The molecular formula is C19H17F6NO2S. The van der Waals surface area contributed by atoms with Gasteiger partial charge in [0, 0.05) is 6.54 Å². The molecule has 2 aromatic carbocycles. The monoisotopic (exact) mass is 437 g/mol. The van der Waals surface area contributed by atoms with Crippen LogP contribution in [0.1, 0.15) is 24.8 Å². The van der Waals surface area contributed by atoms with Crippen LogP contribution in [0.15, 0.2) is 53.4 Å². The fourth-order valence-electron chi connectivity index (χ4n) is 3.35. The minimum absolute atomic E-state index is 0.218. The van der Waals surface area contributed by atoms with Crippen LogP contribution in [0.4, 0.5) is 26.3 Å². The Balaban J connectivity index is 1.91. The summed E-state index contributed by atoms with van der Waals surface area (Å²) in [5.74, 6) is 0. The third kappa shape index (κ3) is 4.58. The van der Waals surface area contributed by atoms with Gasteiger partial charge >= 0.3 is 12.4 Å². The maximum Gasteiger partial charge on any atom is 0.416 e. The lowest BCUT2D eigenvalue weighted by Crippen LogP contribution is -2.51. The summed E-state index contributed by atoms with van der Waals surface area (Å²) in [6, 6.07) is 7.23. The van der Waals surface area contributed by atoms with Crippen LogP contribution in [0.2, 0.25) is 0 Å². The molecule has 2 aromatic rings. The van der Waals surface area contributed by atoms with Gasteiger partial charge < -0.3 is 0 Å². The Morgan fingerprint density at radius 2 is 1.52 bits per heavy atom. The molecule has 0 radical (unpaired) electrons. The second kappa shape index (κ2) is 7.64. The van der Waals surface area contributed by atoms with Crippen molar-refractivity contribution in [2.75, 3.05) is 6.54 Å². The maximum absolute atomic E-state index is 13.3. The minimum Gasteiger partial charge on any atom is -0.207 e. The van der Waals surface area contributed by atoms with Crippen molar-refractivity contribution >= 4 is 10.0 Å². The van der Waals surface area contributed by atoms with Crippen molar-refractivity contribution in [3.63, 3.8) is 0 Å². The first-order valence-corrected chi connectivity index (χ1v) is 10.2. The summed E-state index contributed by atoms with van der Waals surface area (Å²) in [7, 11) is -4.39. The number of sulfonamides is 1. The van der Waals surface area contributed by atoms with Crippen molar-refractivity contribution < 1.29 is 34.8 Å². The average molecular weight is 437 g/mol. The van der Waals surface area contributed by atoms with Gasteiger partial charge in [-0.3, -0.25) is 0 Å². The van der Waals surface area contributed by atoms with E-state index >= 15 is 0 Å². The van der Waals surface area contributed by atoms with Crippen molar-refractivity contribution in [1.82, 2.24) is 4.31 Å². The Morgan fingerprint density at radius 3 is 2.10 bits per heavy atom. The fourth-order valence-corrected chi connectivity index (χ4v) is 5.03. The lowest BCUT2D eigenvalue weighted by atomic mass is 10.0. The SMILES string of the molecule is O=S(=O)(c1ccc(-c2cccc(C(F)(F)F)c2)cc1)N1CCCCC1C(F)(F)F. The Labute approximate surface area is 164 Å². The van der Waals surface area contributed by atoms with E-state index in [1.807, 2.05) is 0 Å². The molecule has 158 valence electrons. The Kier molecular flexibility index (Phi) is 5.70. The molecule has 0 aromatic heterocycles. The van der Waals surface area contributed by atoms with Crippen LogP contribution in [0.25, 0.3) is 11.1 Å². The van der Waals surface area contributed by atoms with E-state index in [0.717, 1.165) is 24.3 Å². The van der Waals surface area contributed by atoms with E-state index in [9.17, 15) is 34.8 Å². The number of hydrogen-bond donors (Lipinski definition) is 0. The predicted octanol–water partition coefficient (Wildman–Crippen LogP) is 5.48. The van der Waals surface area contributed by atoms with Gasteiger partial charge in [0.15, 0.2) is 0 Å². The molecule has 1 aliphatic heterocycles. The summed E-state index contributed by atoms with van der Waals surface area (Å²) in [5, 5.41) is 0. The molecule has 10 heteroatoms. The normalized spacial score (nSPS) is 19.3. The molecule has 1 unspecified atom stereocenters. The number of halogens is 6. The first kappa shape index (κ1) is 21.6. The van der Waals surface area contributed by atoms with E-state index in [1.54, 1.807) is 0 Å². The number of nitrogens with zero attached hydrogens (tertiary/aromatic N) is 1. The molecule has 0 aliphatic carbocycles. The molecule has 29 heavy (non-hydrogen) atoms. The van der Waals surface area contributed by atoms with E-state index < -0.39 is 34.0 Å². The van der Waals surface area contributed by atoms with Gasteiger partial charge in [-0.05, 0) is 48.2 Å². The minimum atomic E-state index is -4.68. The summed E-state index contributed by atoms with van der Waals surface area (Å²) in [4.78, 5) is -0.329. The zero-order chi connectivity index (χ0) is 21.4. The smallest absolute Gasteiger partial charge is 0.207 e. The van der Waals surface area contributed by atoms with Crippen molar-refractivity contribution in [3.8, 4) is 11.1 Å². The summed E-state index contributed by atoms with van der Waals surface area (Å²) < 4.78 is 104. The molecule has 1 aliphatic rings. The largest absolute Gasteiger partial charge is 0.416 e. The molecule has 1 fully saturated rings. The van der Waals surface area contributed by atoms with Gasteiger partial charge in [0.25, 0.3) is 0 Å². The van der Waals surface area contributed by atoms with Crippen molar-refractivity contribution in [2.24, 2.45) is 0 Å². The number of alkyl halides is 6. The van der Waals surface area contributed by atoms with E-state index in [1.165, 1.54) is 24.3 Å². The van der Waals surface area contributed by atoms with E-state index in [4.69, 9.17) is 0 Å². The maximum atomic E-state index is 13.3. The highest BCUT2D eigenvalue weighted by Crippen LogP contribution is 2.36. The lowest BCUT2D eigenvalue weighted by molar-refractivity contribution is -0.177. The van der Waals surface area contributed by atoms with Crippen molar-refractivity contribution in [2.45, 2.75) is 42.6 Å². The van der Waals surface area contributed by atoms with Gasteiger partial charge in [0.2, 0.25) is 10.0 Å². The topological polar surface area (TPSA) is 37.4 Å². The van der Waals surface area contributed by atoms with Gasteiger partial charge in [0.05, 0.1) is 10.5 Å². The molecule has 0 spiro atoms. The van der Waals surface area contributed by atoms with Crippen molar-refractivity contribution in [1.29, 1.82) is 0 Å².